The summed E-state index contributed by atoms with van der Waals surface area (Å²) >= 11 is 0. The number of ether oxygens (including phenoxy) is 1. The maximum absolute atomic E-state index is 12.1. The van der Waals surface area contributed by atoms with Crippen molar-refractivity contribution in [3.05, 3.63) is 35.9 Å². The van der Waals surface area contributed by atoms with Gasteiger partial charge in [0.25, 0.3) is 0 Å². The third-order valence-electron chi connectivity index (χ3n) is 3.29. The molecule has 0 aliphatic rings. The zero-order chi connectivity index (χ0) is 15.7. The Kier molecular flexibility index (Phi) is 7.46. The van der Waals surface area contributed by atoms with Gasteiger partial charge in [0.2, 0.25) is 11.8 Å². The Hall–Kier alpha value is -1.88. The van der Waals surface area contributed by atoms with Gasteiger partial charge < -0.3 is 14.5 Å². The predicted molar refractivity (Wildman–Crippen MR) is 81.7 cm³/mol. The maximum atomic E-state index is 12.1. The summed E-state index contributed by atoms with van der Waals surface area (Å²) in [5.41, 5.74) is 1.09. The van der Waals surface area contributed by atoms with Crippen LogP contribution in [0.5, 0.6) is 0 Å². The molecule has 5 heteroatoms. The van der Waals surface area contributed by atoms with Gasteiger partial charge in [-0.1, -0.05) is 30.3 Å². The standard InChI is InChI=1S/C16H24N2O3/c1-14(19)18(11-12-21-3)10-9-16(20)17(2)13-15-7-5-4-6-8-15/h4-8H,9-13H2,1-3H3. The fourth-order valence-electron chi connectivity index (χ4n) is 2.00. The van der Waals surface area contributed by atoms with Crippen molar-refractivity contribution in [2.24, 2.45) is 0 Å². The van der Waals surface area contributed by atoms with Crippen LogP contribution in [0.1, 0.15) is 18.9 Å². The average molecular weight is 292 g/mol. The van der Waals surface area contributed by atoms with Crippen LogP contribution in [0.3, 0.4) is 0 Å². The summed E-state index contributed by atoms with van der Waals surface area (Å²) < 4.78 is 4.97. The van der Waals surface area contributed by atoms with Crippen LogP contribution in [-0.4, -0.2) is 55.5 Å². The Morgan fingerprint density at radius 3 is 2.38 bits per heavy atom. The van der Waals surface area contributed by atoms with Crippen LogP contribution in [0.4, 0.5) is 0 Å². The fourth-order valence-corrected chi connectivity index (χ4v) is 2.00. The molecule has 0 atom stereocenters. The van der Waals surface area contributed by atoms with E-state index < -0.39 is 0 Å². The third-order valence-corrected chi connectivity index (χ3v) is 3.29. The first-order valence-electron chi connectivity index (χ1n) is 7.07. The molecule has 0 unspecified atom stereocenters. The molecule has 5 nitrogen and oxygen atoms in total. The Labute approximate surface area is 126 Å². The molecule has 2 amide bonds. The average Bonchev–Trinajstić information content (AvgIpc) is 2.47. The SMILES string of the molecule is COCCN(CCC(=O)N(C)Cc1ccccc1)C(C)=O. The van der Waals surface area contributed by atoms with Crippen molar-refractivity contribution in [3.63, 3.8) is 0 Å². The molecule has 0 aliphatic heterocycles. The van der Waals surface area contributed by atoms with Crippen molar-refractivity contribution < 1.29 is 14.3 Å². The number of rotatable bonds is 8. The first-order valence-corrected chi connectivity index (χ1v) is 7.07. The van der Waals surface area contributed by atoms with Crippen LogP contribution >= 0.6 is 0 Å². The van der Waals surface area contributed by atoms with E-state index in [4.69, 9.17) is 4.74 Å². The lowest BCUT2D eigenvalue weighted by Crippen LogP contribution is -2.36. The Balaban J connectivity index is 2.42. The highest BCUT2D eigenvalue weighted by Crippen LogP contribution is 2.04. The molecule has 116 valence electrons. The van der Waals surface area contributed by atoms with Crippen LogP contribution in [0.2, 0.25) is 0 Å². The number of hydrogen-bond acceptors (Lipinski definition) is 3. The second kappa shape index (κ2) is 9.13. The summed E-state index contributed by atoms with van der Waals surface area (Å²) in [5.74, 6) is -0.00641. The van der Waals surface area contributed by atoms with Gasteiger partial charge in [-0.2, -0.15) is 0 Å². The van der Waals surface area contributed by atoms with Crippen LogP contribution in [0, 0.1) is 0 Å². The van der Waals surface area contributed by atoms with E-state index in [2.05, 4.69) is 0 Å². The van der Waals surface area contributed by atoms with Crippen molar-refractivity contribution in [1.29, 1.82) is 0 Å². The number of amides is 2. The van der Waals surface area contributed by atoms with E-state index in [0.717, 1.165) is 5.56 Å². The van der Waals surface area contributed by atoms with Gasteiger partial charge in [0.15, 0.2) is 0 Å². The molecule has 0 saturated carbocycles. The molecule has 1 aromatic rings. The van der Waals surface area contributed by atoms with Crippen molar-refractivity contribution in [3.8, 4) is 0 Å². The molecule has 0 aliphatic carbocycles. The van der Waals surface area contributed by atoms with E-state index in [1.54, 1.807) is 24.0 Å². The minimum Gasteiger partial charge on any atom is -0.383 e. The lowest BCUT2D eigenvalue weighted by molar-refractivity contribution is -0.133. The van der Waals surface area contributed by atoms with Crippen molar-refractivity contribution in [2.45, 2.75) is 19.9 Å². The summed E-state index contributed by atoms with van der Waals surface area (Å²) in [5, 5.41) is 0. The number of methoxy groups -OCH3 is 1. The molecule has 0 bridgehead atoms. The van der Waals surface area contributed by atoms with E-state index >= 15 is 0 Å². The Morgan fingerprint density at radius 1 is 1.14 bits per heavy atom. The van der Waals surface area contributed by atoms with Crippen LogP contribution < -0.4 is 0 Å². The molecule has 1 aromatic carbocycles. The topological polar surface area (TPSA) is 49.9 Å². The van der Waals surface area contributed by atoms with Crippen LogP contribution in [0.15, 0.2) is 30.3 Å². The molecule has 0 aromatic heterocycles. The van der Waals surface area contributed by atoms with Gasteiger partial charge in [0.1, 0.15) is 0 Å². The highest BCUT2D eigenvalue weighted by molar-refractivity contribution is 5.78. The highest BCUT2D eigenvalue weighted by Gasteiger charge is 2.13. The molecule has 1 rings (SSSR count). The second-order valence-corrected chi connectivity index (χ2v) is 4.98. The Morgan fingerprint density at radius 2 is 1.81 bits per heavy atom. The minimum absolute atomic E-state index is 0.0301. The molecule has 0 saturated heterocycles. The largest absolute Gasteiger partial charge is 0.383 e. The zero-order valence-corrected chi connectivity index (χ0v) is 13.0. The maximum Gasteiger partial charge on any atom is 0.224 e. The molecule has 0 radical (unpaired) electrons. The third kappa shape index (κ3) is 6.40. The lowest BCUT2D eigenvalue weighted by atomic mass is 10.2. The van der Waals surface area contributed by atoms with Crippen LogP contribution in [0.25, 0.3) is 0 Å². The van der Waals surface area contributed by atoms with Gasteiger partial charge in [-0.15, -0.1) is 0 Å². The van der Waals surface area contributed by atoms with E-state index in [-0.39, 0.29) is 11.8 Å². The summed E-state index contributed by atoms with van der Waals surface area (Å²) in [4.78, 5) is 26.9. The summed E-state index contributed by atoms with van der Waals surface area (Å²) in [6.45, 7) is 3.51. The van der Waals surface area contributed by atoms with Gasteiger partial charge in [-0.25, -0.2) is 0 Å². The van der Waals surface area contributed by atoms with Gasteiger partial charge >= 0.3 is 0 Å². The van der Waals surface area contributed by atoms with Gasteiger partial charge in [-0.3, -0.25) is 9.59 Å². The number of hydrogen-bond donors (Lipinski definition) is 0. The molecular weight excluding hydrogens is 268 g/mol. The van der Waals surface area contributed by atoms with Crippen LogP contribution in [-0.2, 0) is 20.9 Å². The first-order chi connectivity index (χ1) is 10.0. The molecular formula is C16H24N2O3. The van der Waals surface area contributed by atoms with Crippen molar-refractivity contribution in [1.82, 2.24) is 9.80 Å². The number of carbonyl (C=O) groups excluding carboxylic acids is 2. The highest BCUT2D eigenvalue weighted by atomic mass is 16.5. The quantitative estimate of drug-likeness (QED) is 0.730. The monoisotopic (exact) mass is 292 g/mol. The second-order valence-electron chi connectivity index (χ2n) is 4.98. The predicted octanol–water partition coefficient (Wildman–Crippen LogP) is 1.53. The number of benzene rings is 1. The van der Waals surface area contributed by atoms with E-state index in [1.165, 1.54) is 6.92 Å². The van der Waals surface area contributed by atoms with Crippen molar-refractivity contribution in [2.75, 3.05) is 33.9 Å². The normalized spacial score (nSPS) is 10.2. The number of nitrogens with zero attached hydrogens (tertiary/aromatic N) is 2. The van der Waals surface area contributed by atoms with Crippen molar-refractivity contribution >= 4 is 11.8 Å². The van der Waals surface area contributed by atoms with Gasteiger partial charge in [0, 0.05) is 47.1 Å². The molecule has 21 heavy (non-hydrogen) atoms. The fraction of sp³-hybridized carbons (Fsp3) is 0.500. The van der Waals surface area contributed by atoms with Gasteiger partial charge in [0.05, 0.1) is 6.61 Å². The summed E-state index contributed by atoms with van der Waals surface area (Å²) in [6.07, 6.45) is 0.326. The van der Waals surface area contributed by atoms with Gasteiger partial charge in [-0.05, 0) is 5.56 Å². The molecule has 0 N–H and O–H groups in total. The Bertz CT molecular complexity index is 448. The first kappa shape index (κ1) is 17.2. The zero-order valence-electron chi connectivity index (χ0n) is 13.0. The number of carbonyl (C=O) groups is 2. The van der Waals surface area contributed by atoms with E-state index in [9.17, 15) is 9.59 Å². The lowest BCUT2D eigenvalue weighted by Gasteiger charge is -2.22. The smallest absolute Gasteiger partial charge is 0.224 e. The molecule has 0 heterocycles. The van der Waals surface area contributed by atoms with E-state index in [0.29, 0.717) is 32.7 Å². The van der Waals surface area contributed by atoms with E-state index in [1.807, 2.05) is 30.3 Å². The molecule has 0 spiro atoms. The summed E-state index contributed by atoms with van der Waals surface area (Å²) in [6, 6.07) is 9.84. The minimum atomic E-state index is -0.0365. The molecule has 0 fully saturated rings. The summed E-state index contributed by atoms with van der Waals surface area (Å²) in [7, 11) is 3.37.